The minimum atomic E-state index is 0.0893. The number of ether oxygens (including phenoxy) is 2. The first-order valence-corrected chi connectivity index (χ1v) is 6.82. The van der Waals surface area contributed by atoms with Crippen molar-refractivity contribution in [2.75, 3.05) is 7.11 Å². The summed E-state index contributed by atoms with van der Waals surface area (Å²) in [6.07, 6.45) is 0.168. The van der Waals surface area contributed by atoms with Gasteiger partial charge in [-0.2, -0.15) is 0 Å². The van der Waals surface area contributed by atoms with Crippen LogP contribution in [0.3, 0.4) is 0 Å². The van der Waals surface area contributed by atoms with Gasteiger partial charge in [-0.05, 0) is 47.6 Å². The summed E-state index contributed by atoms with van der Waals surface area (Å²) in [4.78, 5) is 0. The minimum absolute atomic E-state index is 0.0893. The second kappa shape index (κ2) is 6.29. The molecule has 0 aliphatic rings. The summed E-state index contributed by atoms with van der Waals surface area (Å²) in [7, 11) is 1.71. The number of hydrogen-bond acceptors (Lipinski definition) is 3. The third-order valence-corrected chi connectivity index (χ3v) is 2.81. The van der Waals surface area contributed by atoms with E-state index in [0.717, 1.165) is 29.2 Å². The van der Waals surface area contributed by atoms with Crippen LogP contribution in [-0.4, -0.2) is 18.8 Å². The molecule has 0 aliphatic heterocycles. The third kappa shape index (κ3) is 4.75. The van der Waals surface area contributed by atoms with Gasteiger partial charge >= 0.3 is 0 Å². The molecule has 19 heavy (non-hydrogen) atoms. The van der Waals surface area contributed by atoms with E-state index in [1.54, 1.807) is 7.11 Å². The van der Waals surface area contributed by atoms with Crippen LogP contribution >= 0.6 is 0 Å². The summed E-state index contributed by atoms with van der Waals surface area (Å²) < 4.78 is 11.3. The summed E-state index contributed by atoms with van der Waals surface area (Å²) in [5, 5.41) is 3.48. The molecular formula is C16H27NO2. The molecule has 0 unspecified atom stereocenters. The highest BCUT2D eigenvalue weighted by Crippen LogP contribution is 2.32. The molecule has 0 fully saturated rings. The Morgan fingerprint density at radius 2 is 1.84 bits per heavy atom. The highest BCUT2D eigenvalue weighted by atomic mass is 16.5. The lowest BCUT2D eigenvalue weighted by Crippen LogP contribution is -2.35. The molecule has 1 aromatic carbocycles. The number of methoxy groups -OCH3 is 1. The van der Waals surface area contributed by atoms with Crippen molar-refractivity contribution in [1.82, 2.24) is 5.32 Å². The molecule has 1 rings (SSSR count). The standard InChI is InChI=1S/C16H27NO2/c1-11(2)19-14-9-8-13(10-17-16(4,5)6)15(18-7)12(14)3/h8-9,11,17H,10H2,1-7H3. The van der Waals surface area contributed by atoms with Crippen molar-refractivity contribution in [3.63, 3.8) is 0 Å². The predicted octanol–water partition coefficient (Wildman–Crippen LogP) is 3.68. The lowest BCUT2D eigenvalue weighted by molar-refractivity contribution is 0.239. The molecular weight excluding hydrogens is 238 g/mol. The van der Waals surface area contributed by atoms with Crippen LogP contribution in [0.1, 0.15) is 45.7 Å². The SMILES string of the molecule is COc1c(CNC(C)(C)C)ccc(OC(C)C)c1C. The second-order valence-electron chi connectivity index (χ2n) is 6.15. The van der Waals surface area contributed by atoms with E-state index in [2.05, 4.69) is 32.2 Å². The Hall–Kier alpha value is -1.22. The Morgan fingerprint density at radius 1 is 1.21 bits per heavy atom. The van der Waals surface area contributed by atoms with Crippen molar-refractivity contribution in [2.45, 2.75) is 59.7 Å². The Morgan fingerprint density at radius 3 is 2.32 bits per heavy atom. The van der Waals surface area contributed by atoms with Crippen LogP contribution in [0.2, 0.25) is 0 Å². The van der Waals surface area contributed by atoms with Gasteiger partial charge in [0.15, 0.2) is 0 Å². The second-order valence-corrected chi connectivity index (χ2v) is 6.15. The summed E-state index contributed by atoms with van der Waals surface area (Å²) in [5.74, 6) is 1.81. The maximum absolute atomic E-state index is 5.79. The average Bonchev–Trinajstić information content (AvgIpc) is 2.28. The first-order valence-electron chi connectivity index (χ1n) is 6.82. The molecule has 0 aliphatic carbocycles. The van der Waals surface area contributed by atoms with Crippen molar-refractivity contribution >= 4 is 0 Å². The van der Waals surface area contributed by atoms with E-state index in [-0.39, 0.29) is 11.6 Å². The van der Waals surface area contributed by atoms with Crippen molar-refractivity contribution < 1.29 is 9.47 Å². The fraction of sp³-hybridized carbons (Fsp3) is 0.625. The van der Waals surface area contributed by atoms with E-state index in [1.165, 1.54) is 0 Å². The van der Waals surface area contributed by atoms with Crippen LogP contribution in [0.5, 0.6) is 11.5 Å². The van der Waals surface area contributed by atoms with Crippen LogP contribution in [0.25, 0.3) is 0 Å². The molecule has 0 heterocycles. The molecule has 0 bridgehead atoms. The number of nitrogens with one attached hydrogen (secondary N) is 1. The van der Waals surface area contributed by atoms with Gasteiger partial charge in [0.1, 0.15) is 11.5 Å². The molecule has 0 saturated carbocycles. The molecule has 3 nitrogen and oxygen atoms in total. The van der Waals surface area contributed by atoms with Gasteiger partial charge in [0.25, 0.3) is 0 Å². The van der Waals surface area contributed by atoms with Gasteiger partial charge in [-0.1, -0.05) is 6.07 Å². The topological polar surface area (TPSA) is 30.5 Å². The maximum atomic E-state index is 5.79. The quantitative estimate of drug-likeness (QED) is 0.881. The molecule has 0 aromatic heterocycles. The smallest absolute Gasteiger partial charge is 0.129 e. The van der Waals surface area contributed by atoms with Gasteiger partial charge < -0.3 is 14.8 Å². The van der Waals surface area contributed by atoms with Gasteiger partial charge in [-0.15, -0.1) is 0 Å². The predicted molar refractivity (Wildman–Crippen MR) is 80.1 cm³/mol. The van der Waals surface area contributed by atoms with Crippen LogP contribution in [0, 0.1) is 6.92 Å². The average molecular weight is 265 g/mol. The van der Waals surface area contributed by atoms with Crippen molar-refractivity contribution in [3.8, 4) is 11.5 Å². The fourth-order valence-electron chi connectivity index (χ4n) is 1.90. The van der Waals surface area contributed by atoms with E-state index in [1.807, 2.05) is 26.8 Å². The molecule has 108 valence electrons. The molecule has 1 N–H and O–H groups in total. The Bertz CT molecular complexity index is 419. The van der Waals surface area contributed by atoms with E-state index >= 15 is 0 Å². The zero-order valence-electron chi connectivity index (χ0n) is 13.3. The molecule has 3 heteroatoms. The Labute approximate surface area is 117 Å². The molecule has 0 saturated heterocycles. The number of rotatable bonds is 5. The van der Waals surface area contributed by atoms with E-state index in [9.17, 15) is 0 Å². The van der Waals surface area contributed by atoms with E-state index in [0.29, 0.717) is 0 Å². The van der Waals surface area contributed by atoms with Crippen molar-refractivity contribution in [3.05, 3.63) is 23.3 Å². The van der Waals surface area contributed by atoms with Gasteiger partial charge in [0.05, 0.1) is 13.2 Å². The normalized spacial score (nSPS) is 11.8. The lowest BCUT2D eigenvalue weighted by atomic mass is 10.1. The van der Waals surface area contributed by atoms with Gasteiger partial charge in [-0.3, -0.25) is 0 Å². The minimum Gasteiger partial charge on any atom is -0.496 e. The molecule has 0 radical (unpaired) electrons. The van der Waals surface area contributed by atoms with Gasteiger partial charge in [-0.25, -0.2) is 0 Å². The first-order chi connectivity index (χ1) is 8.74. The summed E-state index contributed by atoms with van der Waals surface area (Å²) >= 11 is 0. The molecule has 1 aromatic rings. The summed E-state index contributed by atoms with van der Waals surface area (Å²) in [5.41, 5.74) is 2.31. The van der Waals surface area contributed by atoms with Gasteiger partial charge in [0.2, 0.25) is 0 Å². The zero-order chi connectivity index (χ0) is 14.6. The van der Waals surface area contributed by atoms with Crippen LogP contribution in [0.4, 0.5) is 0 Å². The van der Waals surface area contributed by atoms with Crippen molar-refractivity contribution in [2.24, 2.45) is 0 Å². The summed E-state index contributed by atoms with van der Waals surface area (Å²) in [6.45, 7) is 13.3. The zero-order valence-corrected chi connectivity index (χ0v) is 13.3. The van der Waals surface area contributed by atoms with Crippen LogP contribution in [0.15, 0.2) is 12.1 Å². The van der Waals surface area contributed by atoms with Gasteiger partial charge in [0, 0.05) is 23.2 Å². The highest BCUT2D eigenvalue weighted by Gasteiger charge is 2.15. The lowest BCUT2D eigenvalue weighted by Gasteiger charge is -2.23. The summed E-state index contributed by atoms with van der Waals surface area (Å²) in [6, 6.07) is 4.10. The Balaban J connectivity index is 2.98. The Kier molecular flexibility index (Phi) is 5.24. The van der Waals surface area contributed by atoms with E-state index in [4.69, 9.17) is 9.47 Å². The van der Waals surface area contributed by atoms with Crippen LogP contribution < -0.4 is 14.8 Å². The third-order valence-electron chi connectivity index (χ3n) is 2.81. The fourth-order valence-corrected chi connectivity index (χ4v) is 1.90. The largest absolute Gasteiger partial charge is 0.496 e. The molecule has 0 amide bonds. The number of benzene rings is 1. The molecule has 0 spiro atoms. The monoisotopic (exact) mass is 265 g/mol. The molecule has 0 atom stereocenters. The number of hydrogen-bond donors (Lipinski definition) is 1. The van der Waals surface area contributed by atoms with Crippen LogP contribution in [-0.2, 0) is 6.54 Å². The maximum Gasteiger partial charge on any atom is 0.129 e. The van der Waals surface area contributed by atoms with E-state index < -0.39 is 0 Å². The highest BCUT2D eigenvalue weighted by molar-refractivity contribution is 5.49. The van der Waals surface area contributed by atoms with Crippen molar-refractivity contribution in [1.29, 1.82) is 0 Å². The first kappa shape index (κ1) is 15.8.